The van der Waals surface area contributed by atoms with Gasteiger partial charge in [-0.05, 0) is 37.1 Å². The number of aryl methyl sites for hydroxylation is 1. The van der Waals surface area contributed by atoms with Crippen molar-refractivity contribution in [3.05, 3.63) is 21.4 Å². The molecular formula is C12H18N2OS2. The zero-order chi connectivity index (χ0) is 12.3. The summed E-state index contributed by atoms with van der Waals surface area (Å²) in [6, 6.07) is 2.19. The normalized spacial score (nSPS) is 16.4. The number of thioether (sulfide) groups is 1. The van der Waals surface area contributed by atoms with Crippen molar-refractivity contribution in [1.29, 1.82) is 0 Å². The van der Waals surface area contributed by atoms with E-state index in [9.17, 15) is 4.79 Å². The fourth-order valence-electron chi connectivity index (χ4n) is 1.76. The van der Waals surface area contributed by atoms with Gasteiger partial charge >= 0.3 is 0 Å². The summed E-state index contributed by atoms with van der Waals surface area (Å²) in [4.78, 5) is 14.1. The molecule has 3 nitrogen and oxygen atoms in total. The molecule has 0 saturated heterocycles. The minimum Gasteiger partial charge on any atom is -0.351 e. The number of nitrogens with two attached hydrogens (primary N) is 1. The van der Waals surface area contributed by atoms with Crippen LogP contribution in [-0.2, 0) is 12.2 Å². The zero-order valence-electron chi connectivity index (χ0n) is 9.99. The summed E-state index contributed by atoms with van der Waals surface area (Å²) in [6.45, 7) is 2.61. The molecule has 1 atom stereocenters. The number of amides is 1. The zero-order valence-corrected chi connectivity index (χ0v) is 11.6. The van der Waals surface area contributed by atoms with Gasteiger partial charge in [-0.2, -0.15) is 11.8 Å². The molecule has 2 heterocycles. The minimum absolute atomic E-state index is 0.0510. The van der Waals surface area contributed by atoms with Crippen molar-refractivity contribution >= 4 is 29.0 Å². The SMILES string of the molecule is CC(N)CCNC(=O)c1cc2c(s1)CCSC2. The van der Waals surface area contributed by atoms with Crippen molar-refractivity contribution in [1.82, 2.24) is 5.32 Å². The molecular weight excluding hydrogens is 252 g/mol. The largest absolute Gasteiger partial charge is 0.351 e. The third-order valence-corrected chi connectivity index (χ3v) is 4.98. The molecule has 0 spiro atoms. The van der Waals surface area contributed by atoms with Gasteiger partial charge in [0.2, 0.25) is 0 Å². The van der Waals surface area contributed by atoms with Crippen molar-refractivity contribution in [2.24, 2.45) is 5.73 Å². The molecule has 2 rings (SSSR count). The Morgan fingerprint density at radius 3 is 3.18 bits per heavy atom. The van der Waals surface area contributed by atoms with E-state index in [0.29, 0.717) is 6.54 Å². The van der Waals surface area contributed by atoms with Crippen molar-refractivity contribution in [3.8, 4) is 0 Å². The van der Waals surface area contributed by atoms with E-state index in [1.54, 1.807) is 11.3 Å². The van der Waals surface area contributed by atoms with Crippen LogP contribution in [0.1, 0.15) is 33.5 Å². The van der Waals surface area contributed by atoms with Gasteiger partial charge in [0.25, 0.3) is 5.91 Å². The molecule has 0 fully saturated rings. The summed E-state index contributed by atoms with van der Waals surface area (Å²) >= 11 is 3.59. The lowest BCUT2D eigenvalue weighted by Crippen LogP contribution is -2.28. The van der Waals surface area contributed by atoms with Gasteiger partial charge in [0.1, 0.15) is 0 Å². The maximum Gasteiger partial charge on any atom is 0.261 e. The average molecular weight is 270 g/mol. The molecule has 1 aromatic rings. The van der Waals surface area contributed by atoms with E-state index in [2.05, 4.69) is 5.32 Å². The van der Waals surface area contributed by atoms with E-state index >= 15 is 0 Å². The molecule has 0 bridgehead atoms. The Morgan fingerprint density at radius 1 is 1.65 bits per heavy atom. The van der Waals surface area contributed by atoms with Crippen molar-refractivity contribution < 1.29 is 4.79 Å². The van der Waals surface area contributed by atoms with E-state index in [1.165, 1.54) is 16.2 Å². The number of nitrogens with one attached hydrogen (secondary N) is 1. The molecule has 1 aliphatic heterocycles. The average Bonchev–Trinajstić information content (AvgIpc) is 2.71. The summed E-state index contributed by atoms with van der Waals surface area (Å²) in [5.74, 6) is 2.29. The molecule has 17 heavy (non-hydrogen) atoms. The van der Waals surface area contributed by atoms with Gasteiger partial charge in [-0.1, -0.05) is 0 Å². The fraction of sp³-hybridized carbons (Fsp3) is 0.583. The van der Waals surface area contributed by atoms with Crippen molar-refractivity contribution in [2.75, 3.05) is 12.3 Å². The maximum absolute atomic E-state index is 11.9. The van der Waals surface area contributed by atoms with Crippen LogP contribution in [0.4, 0.5) is 0 Å². The third-order valence-electron chi connectivity index (χ3n) is 2.74. The Morgan fingerprint density at radius 2 is 2.47 bits per heavy atom. The first kappa shape index (κ1) is 12.9. The Labute approximate surface area is 110 Å². The van der Waals surface area contributed by atoms with E-state index < -0.39 is 0 Å². The van der Waals surface area contributed by atoms with E-state index in [4.69, 9.17) is 5.73 Å². The molecule has 0 aromatic carbocycles. The summed E-state index contributed by atoms with van der Waals surface area (Å²) in [7, 11) is 0. The minimum atomic E-state index is 0.0510. The first-order chi connectivity index (χ1) is 8.16. The van der Waals surface area contributed by atoms with Crippen LogP contribution in [0, 0.1) is 0 Å². The van der Waals surface area contributed by atoms with Gasteiger partial charge in [-0.3, -0.25) is 4.79 Å². The molecule has 1 aromatic heterocycles. The van der Waals surface area contributed by atoms with Crippen LogP contribution in [0.5, 0.6) is 0 Å². The second kappa shape index (κ2) is 5.89. The van der Waals surface area contributed by atoms with Crippen LogP contribution in [0.15, 0.2) is 6.07 Å². The number of carbonyl (C=O) groups is 1. The summed E-state index contributed by atoms with van der Waals surface area (Å²) in [6.07, 6.45) is 1.93. The van der Waals surface area contributed by atoms with E-state index in [0.717, 1.165) is 23.5 Å². The highest BCUT2D eigenvalue weighted by molar-refractivity contribution is 7.98. The molecule has 0 aliphatic carbocycles. The van der Waals surface area contributed by atoms with Gasteiger partial charge in [0, 0.05) is 23.2 Å². The predicted octanol–water partition coefficient (Wildman–Crippen LogP) is 2.00. The molecule has 1 amide bonds. The number of fused-ring (bicyclic) bond motifs is 1. The molecule has 1 unspecified atom stereocenters. The van der Waals surface area contributed by atoms with E-state index in [-0.39, 0.29) is 11.9 Å². The first-order valence-corrected chi connectivity index (χ1v) is 7.87. The van der Waals surface area contributed by atoms with Crippen molar-refractivity contribution in [2.45, 2.75) is 31.6 Å². The topological polar surface area (TPSA) is 55.1 Å². The van der Waals surface area contributed by atoms with E-state index in [1.807, 2.05) is 24.8 Å². The lowest BCUT2D eigenvalue weighted by Gasteiger charge is -2.08. The van der Waals surface area contributed by atoms with Gasteiger partial charge in [-0.25, -0.2) is 0 Å². The first-order valence-electron chi connectivity index (χ1n) is 5.90. The number of hydrogen-bond acceptors (Lipinski definition) is 4. The van der Waals surface area contributed by atoms with Gasteiger partial charge in [0.05, 0.1) is 4.88 Å². The van der Waals surface area contributed by atoms with Crippen LogP contribution in [0.3, 0.4) is 0 Å². The maximum atomic E-state index is 11.9. The molecule has 3 N–H and O–H groups in total. The predicted molar refractivity (Wildman–Crippen MR) is 74.8 cm³/mol. The van der Waals surface area contributed by atoms with Crippen LogP contribution in [0.2, 0.25) is 0 Å². The van der Waals surface area contributed by atoms with Crippen molar-refractivity contribution in [3.63, 3.8) is 0 Å². The van der Waals surface area contributed by atoms with Gasteiger partial charge < -0.3 is 11.1 Å². The number of hydrogen-bond donors (Lipinski definition) is 2. The van der Waals surface area contributed by atoms with Crippen LogP contribution >= 0.6 is 23.1 Å². The van der Waals surface area contributed by atoms with Crippen LogP contribution in [0.25, 0.3) is 0 Å². The number of rotatable bonds is 4. The highest BCUT2D eigenvalue weighted by Crippen LogP contribution is 2.31. The Balaban J connectivity index is 1.92. The fourth-order valence-corrected chi connectivity index (χ4v) is 4.05. The Hall–Kier alpha value is -0.520. The highest BCUT2D eigenvalue weighted by Gasteiger charge is 2.17. The Bertz CT molecular complexity index is 378. The second-order valence-corrected chi connectivity index (χ2v) is 6.63. The molecule has 5 heteroatoms. The monoisotopic (exact) mass is 270 g/mol. The standard InChI is InChI=1S/C12H18N2OS2/c1-8(13)2-4-14-12(15)11-6-9-7-16-5-3-10(9)17-11/h6,8H,2-5,7,13H2,1H3,(H,14,15). The quantitative estimate of drug-likeness (QED) is 0.880. The lowest BCUT2D eigenvalue weighted by molar-refractivity contribution is 0.0957. The lowest BCUT2D eigenvalue weighted by atomic mass is 10.2. The number of thiophene rings is 1. The van der Waals surface area contributed by atoms with Gasteiger partial charge in [0.15, 0.2) is 0 Å². The second-order valence-electron chi connectivity index (χ2n) is 4.38. The van der Waals surface area contributed by atoms with Crippen LogP contribution in [-0.4, -0.2) is 24.2 Å². The Kier molecular flexibility index (Phi) is 4.48. The molecule has 94 valence electrons. The smallest absolute Gasteiger partial charge is 0.261 e. The van der Waals surface area contributed by atoms with Gasteiger partial charge in [-0.15, -0.1) is 11.3 Å². The number of carbonyl (C=O) groups excluding carboxylic acids is 1. The third kappa shape index (κ3) is 3.47. The molecule has 0 radical (unpaired) electrons. The summed E-state index contributed by atoms with van der Waals surface area (Å²) in [5.41, 5.74) is 7.00. The summed E-state index contributed by atoms with van der Waals surface area (Å²) in [5, 5.41) is 2.92. The van der Waals surface area contributed by atoms with Crippen LogP contribution < -0.4 is 11.1 Å². The molecule has 0 saturated carbocycles. The molecule has 1 aliphatic rings. The highest BCUT2D eigenvalue weighted by atomic mass is 32.2. The summed E-state index contributed by atoms with van der Waals surface area (Å²) < 4.78 is 0.